The van der Waals surface area contributed by atoms with E-state index in [-0.39, 0.29) is 140 Å². The summed E-state index contributed by atoms with van der Waals surface area (Å²) in [5.74, 6) is 0. The molecule has 0 N–H and O–H groups in total. The molecule has 0 amide bonds. The molecular formula is C2H4O2PY4-. The topological polar surface area (TPSA) is 26.3 Å². The van der Waals surface area contributed by atoms with Gasteiger partial charge in [-0.25, -0.2) is 0 Å². The summed E-state index contributed by atoms with van der Waals surface area (Å²) < 4.78 is 4.06. The molecule has 1 atom stereocenters. The second kappa shape index (κ2) is 29.5. The molecule has 0 spiro atoms. The molecule has 1 unspecified atom stereocenters. The van der Waals surface area contributed by atoms with E-state index < -0.39 is 0 Å². The van der Waals surface area contributed by atoms with Crippen molar-refractivity contribution >= 4 is 15.3 Å². The van der Waals surface area contributed by atoms with Crippen LogP contribution < -0.4 is 0 Å². The van der Waals surface area contributed by atoms with Gasteiger partial charge in [0.2, 0.25) is 0 Å². The van der Waals surface area contributed by atoms with Gasteiger partial charge in [0.1, 0.15) is 0 Å². The molecule has 0 saturated carbocycles. The summed E-state index contributed by atoms with van der Waals surface area (Å²) in [6.45, 7) is 3.03. The van der Waals surface area contributed by atoms with Crippen molar-refractivity contribution in [2.24, 2.45) is 0 Å². The third-order valence-electron chi connectivity index (χ3n) is 0.144. The van der Waals surface area contributed by atoms with E-state index in [4.69, 9.17) is 4.79 Å². The van der Waals surface area contributed by atoms with Gasteiger partial charge in [-0.15, -0.1) is 0 Å². The van der Waals surface area contributed by atoms with Crippen molar-refractivity contribution in [2.45, 2.75) is 0 Å². The van der Waals surface area contributed by atoms with Crippen LogP contribution in [-0.2, 0) is 140 Å². The maximum Gasteiger partial charge on any atom is 0.0270 e. The second-order valence-corrected chi connectivity index (χ2v) is 1.00. The van der Waals surface area contributed by atoms with Gasteiger partial charge in [0.05, 0.1) is 0 Å². The summed E-state index contributed by atoms with van der Waals surface area (Å²) in [5.41, 5.74) is 0. The van der Waals surface area contributed by atoms with Gasteiger partial charge in [0, 0.05) is 140 Å². The SMILES string of the molecule is CPO[C-]=O.[Y].[Y].[Y].[Y]. The normalized spacial score (nSPS) is 5.00. The van der Waals surface area contributed by atoms with Crippen LogP contribution in [-0.4, -0.2) is 13.1 Å². The second-order valence-electron chi connectivity index (χ2n) is 0.390. The first-order valence-corrected chi connectivity index (χ1v) is 2.52. The third kappa shape index (κ3) is 32.9. The summed E-state index contributed by atoms with van der Waals surface area (Å²) in [7, 11) is 0.234. The smallest absolute Gasteiger partial charge is 0.0270 e. The fourth-order valence-electron chi connectivity index (χ4n) is 0.0417. The average molecular weight is 447 g/mol. The fourth-order valence-corrected chi connectivity index (χ4v) is 0.125. The van der Waals surface area contributed by atoms with E-state index in [9.17, 15) is 0 Å². The van der Waals surface area contributed by atoms with Crippen LogP contribution in [0.1, 0.15) is 0 Å². The van der Waals surface area contributed by atoms with E-state index in [0.29, 0.717) is 0 Å². The zero-order valence-corrected chi connectivity index (χ0v) is 17.5. The quantitative estimate of drug-likeness (QED) is 0.450. The van der Waals surface area contributed by atoms with E-state index in [1.807, 2.05) is 0 Å². The Morgan fingerprint density at radius 3 is 1.56 bits per heavy atom. The van der Waals surface area contributed by atoms with Gasteiger partial charge in [0.25, 0.3) is 0 Å². The van der Waals surface area contributed by atoms with Gasteiger partial charge in [-0.05, 0) is 6.66 Å². The molecule has 0 rings (SSSR count). The molecule has 0 aliphatic heterocycles. The Morgan fingerprint density at radius 1 is 1.22 bits per heavy atom. The standard InChI is InChI=1S/C2H4O2P.4Y/c1-5-4-2-3;;;;/h5H,1H3;;;;/q-1;;;;. The minimum absolute atomic E-state index is 0. The maximum absolute atomic E-state index is 9.06. The Kier molecular flexibility index (Phi) is 95.6. The molecule has 42 valence electrons. The average Bonchev–Trinajstić information content (AvgIpc) is 1.41. The maximum atomic E-state index is 9.06. The number of rotatable bonds is 2. The van der Waals surface area contributed by atoms with Gasteiger partial charge >= 0.3 is 0 Å². The Morgan fingerprint density at radius 2 is 1.56 bits per heavy atom. The van der Waals surface area contributed by atoms with Gasteiger partial charge < -0.3 is 9.32 Å². The van der Waals surface area contributed by atoms with Crippen LogP contribution in [0.5, 0.6) is 0 Å². The number of carbonyl (C=O) groups excluding carboxylic acids is 1. The monoisotopic (exact) mass is 447 g/mol. The van der Waals surface area contributed by atoms with Crippen molar-refractivity contribution in [3.8, 4) is 0 Å². The molecule has 0 aromatic carbocycles. The molecule has 0 bridgehead atoms. The first-order valence-electron chi connectivity index (χ1n) is 1.11. The first-order chi connectivity index (χ1) is 2.41. The zero-order valence-electron chi connectivity index (χ0n) is 5.13. The summed E-state index contributed by atoms with van der Waals surface area (Å²) in [5, 5.41) is 0. The van der Waals surface area contributed by atoms with E-state index in [1.165, 1.54) is 6.47 Å². The Hall–Kier alpha value is 4.32. The zero-order chi connectivity index (χ0) is 4.12. The molecule has 4 radical (unpaired) electrons. The molecule has 0 aromatic heterocycles. The van der Waals surface area contributed by atoms with Crippen LogP contribution in [0.15, 0.2) is 0 Å². The van der Waals surface area contributed by atoms with Crippen LogP contribution in [0.2, 0.25) is 0 Å². The Labute approximate surface area is 158 Å². The summed E-state index contributed by atoms with van der Waals surface area (Å²) in [6.07, 6.45) is 0. The third-order valence-corrected chi connectivity index (χ3v) is 0.431. The first kappa shape index (κ1) is 29.2. The molecule has 0 aliphatic carbocycles. The molecule has 0 aromatic rings. The molecule has 2 nitrogen and oxygen atoms in total. The predicted molar refractivity (Wildman–Crippen MR) is 21.0 cm³/mol. The summed E-state index contributed by atoms with van der Waals surface area (Å²) in [6, 6.07) is 0. The van der Waals surface area contributed by atoms with Crippen molar-refractivity contribution in [3.63, 3.8) is 0 Å². The van der Waals surface area contributed by atoms with Crippen LogP contribution in [0.25, 0.3) is 0 Å². The van der Waals surface area contributed by atoms with Crippen molar-refractivity contribution in [1.82, 2.24) is 0 Å². The van der Waals surface area contributed by atoms with Gasteiger partial charge in [-0.3, -0.25) is 0 Å². The van der Waals surface area contributed by atoms with Gasteiger partial charge in [-0.1, -0.05) is 6.47 Å². The molecular weight excluding hydrogens is 443 g/mol. The summed E-state index contributed by atoms with van der Waals surface area (Å²) >= 11 is 0. The molecule has 0 fully saturated rings. The Bertz CT molecular complexity index is 37.7. The van der Waals surface area contributed by atoms with E-state index in [1.54, 1.807) is 6.66 Å². The summed E-state index contributed by atoms with van der Waals surface area (Å²) in [4.78, 5) is 9.06. The molecule has 7 heteroatoms. The van der Waals surface area contributed by atoms with E-state index >= 15 is 0 Å². The van der Waals surface area contributed by atoms with E-state index in [0.717, 1.165) is 0 Å². The molecule has 0 heterocycles. The largest absolute Gasteiger partial charge is 0.638 e. The van der Waals surface area contributed by atoms with Gasteiger partial charge in [0.15, 0.2) is 0 Å². The van der Waals surface area contributed by atoms with Crippen LogP contribution in [0, 0.1) is 0 Å². The van der Waals surface area contributed by atoms with Crippen molar-refractivity contribution < 1.29 is 140 Å². The van der Waals surface area contributed by atoms with E-state index in [2.05, 4.69) is 4.52 Å². The van der Waals surface area contributed by atoms with Crippen LogP contribution >= 0.6 is 8.81 Å². The Balaban J connectivity index is -0.0000000133. The minimum Gasteiger partial charge on any atom is -0.638 e. The van der Waals surface area contributed by atoms with Crippen molar-refractivity contribution in [3.05, 3.63) is 0 Å². The number of hydrogen-bond donors (Lipinski definition) is 0. The van der Waals surface area contributed by atoms with Crippen molar-refractivity contribution in [1.29, 1.82) is 0 Å². The number of hydrogen-bond acceptors (Lipinski definition) is 2. The van der Waals surface area contributed by atoms with Gasteiger partial charge in [-0.2, -0.15) is 0 Å². The molecule has 0 saturated heterocycles. The molecule has 9 heavy (non-hydrogen) atoms. The fraction of sp³-hybridized carbons (Fsp3) is 0.500. The minimum atomic E-state index is 0. The molecule has 0 aliphatic rings. The van der Waals surface area contributed by atoms with Crippen LogP contribution in [0.4, 0.5) is 0 Å². The van der Waals surface area contributed by atoms with Crippen LogP contribution in [0.3, 0.4) is 0 Å². The van der Waals surface area contributed by atoms with Crippen molar-refractivity contribution in [2.75, 3.05) is 6.66 Å². The predicted octanol–water partition coefficient (Wildman–Crippen LogP) is 0.283.